The summed E-state index contributed by atoms with van der Waals surface area (Å²) in [6, 6.07) is 2.36. The molecule has 1 aromatic rings. The molecule has 2 N–H and O–H groups in total. The van der Waals surface area contributed by atoms with E-state index in [0.717, 1.165) is 32.0 Å². The third-order valence-electron chi connectivity index (χ3n) is 3.30. The fraction of sp³-hybridized carbons (Fsp3) is 0.636. The molecule has 2 fully saturated rings. The summed E-state index contributed by atoms with van der Waals surface area (Å²) in [5.41, 5.74) is 1.16. The van der Waals surface area contributed by atoms with Crippen molar-refractivity contribution in [1.29, 1.82) is 0 Å². The summed E-state index contributed by atoms with van der Waals surface area (Å²) >= 11 is 0. The second-order valence-electron chi connectivity index (χ2n) is 4.39. The number of ether oxygens (including phenoxy) is 1. The molecule has 0 amide bonds. The highest BCUT2D eigenvalue weighted by atomic mass is 16.5. The standard InChI is InChI=1S/C11H16N2O2/c1-8-4-9(5-14-8)10-11(6-12-7-11)15-3-2-13-10/h4-5,10,12-13H,2-3,6-7H2,1H3. The molecule has 1 atom stereocenters. The Kier molecular flexibility index (Phi) is 2.09. The quantitative estimate of drug-likeness (QED) is 0.709. The molecule has 0 aliphatic carbocycles. The van der Waals surface area contributed by atoms with Crippen LogP contribution in [0, 0.1) is 6.92 Å². The Balaban J connectivity index is 1.89. The van der Waals surface area contributed by atoms with Crippen LogP contribution in [0.3, 0.4) is 0 Å². The maximum absolute atomic E-state index is 5.91. The Morgan fingerprint density at radius 1 is 1.47 bits per heavy atom. The van der Waals surface area contributed by atoms with Crippen molar-refractivity contribution in [2.45, 2.75) is 18.6 Å². The number of aryl methyl sites for hydroxylation is 1. The van der Waals surface area contributed by atoms with Crippen LogP contribution < -0.4 is 10.6 Å². The first-order valence-electron chi connectivity index (χ1n) is 5.43. The molecule has 0 saturated carbocycles. The maximum Gasteiger partial charge on any atom is 0.112 e. The lowest BCUT2D eigenvalue weighted by atomic mass is 9.83. The van der Waals surface area contributed by atoms with E-state index in [9.17, 15) is 0 Å². The Labute approximate surface area is 89.0 Å². The topological polar surface area (TPSA) is 46.4 Å². The number of morpholine rings is 1. The molecule has 0 bridgehead atoms. The zero-order valence-corrected chi connectivity index (χ0v) is 8.88. The summed E-state index contributed by atoms with van der Waals surface area (Å²) in [4.78, 5) is 0. The van der Waals surface area contributed by atoms with Crippen molar-refractivity contribution in [2.75, 3.05) is 26.2 Å². The van der Waals surface area contributed by atoms with Gasteiger partial charge in [0.1, 0.15) is 11.4 Å². The van der Waals surface area contributed by atoms with Crippen molar-refractivity contribution in [2.24, 2.45) is 0 Å². The van der Waals surface area contributed by atoms with Gasteiger partial charge in [0.25, 0.3) is 0 Å². The Hall–Kier alpha value is -0.840. The van der Waals surface area contributed by atoms with Crippen LogP contribution in [0.25, 0.3) is 0 Å². The second-order valence-corrected chi connectivity index (χ2v) is 4.39. The van der Waals surface area contributed by atoms with Crippen LogP contribution in [-0.4, -0.2) is 31.8 Å². The van der Waals surface area contributed by atoms with Gasteiger partial charge in [0.2, 0.25) is 0 Å². The minimum atomic E-state index is -0.0471. The molecule has 15 heavy (non-hydrogen) atoms. The van der Waals surface area contributed by atoms with Gasteiger partial charge in [0.05, 0.1) is 18.9 Å². The van der Waals surface area contributed by atoms with Gasteiger partial charge in [-0.05, 0) is 13.0 Å². The van der Waals surface area contributed by atoms with Gasteiger partial charge < -0.3 is 19.8 Å². The molecule has 2 saturated heterocycles. The average Bonchev–Trinajstić information content (AvgIpc) is 2.62. The van der Waals surface area contributed by atoms with E-state index in [1.165, 1.54) is 5.56 Å². The number of hydrogen-bond acceptors (Lipinski definition) is 4. The molecule has 0 radical (unpaired) electrons. The van der Waals surface area contributed by atoms with Gasteiger partial charge in [-0.2, -0.15) is 0 Å². The molecule has 4 heteroatoms. The van der Waals surface area contributed by atoms with Crippen LogP contribution in [0.5, 0.6) is 0 Å². The predicted octanol–water partition coefficient (Wildman–Crippen LogP) is 0.591. The van der Waals surface area contributed by atoms with Crippen LogP contribution in [0.1, 0.15) is 17.4 Å². The fourth-order valence-corrected chi connectivity index (χ4v) is 2.44. The lowest BCUT2D eigenvalue weighted by Gasteiger charge is -2.50. The van der Waals surface area contributed by atoms with Crippen LogP contribution in [-0.2, 0) is 4.74 Å². The molecular weight excluding hydrogens is 192 g/mol. The maximum atomic E-state index is 5.91. The SMILES string of the molecule is Cc1cc(C2NCCOC23CNC3)co1. The zero-order valence-electron chi connectivity index (χ0n) is 8.88. The highest BCUT2D eigenvalue weighted by Crippen LogP contribution is 2.35. The largest absolute Gasteiger partial charge is 0.469 e. The summed E-state index contributed by atoms with van der Waals surface area (Å²) in [5.74, 6) is 0.958. The number of hydrogen-bond donors (Lipinski definition) is 2. The van der Waals surface area contributed by atoms with Gasteiger partial charge in [-0.15, -0.1) is 0 Å². The molecule has 2 aliphatic rings. The van der Waals surface area contributed by atoms with Crippen molar-refractivity contribution in [3.8, 4) is 0 Å². The van der Waals surface area contributed by atoms with E-state index >= 15 is 0 Å². The monoisotopic (exact) mass is 208 g/mol. The van der Waals surface area contributed by atoms with Crippen molar-refractivity contribution in [1.82, 2.24) is 10.6 Å². The first kappa shape index (κ1) is 9.39. The second kappa shape index (κ2) is 3.33. The van der Waals surface area contributed by atoms with Crippen molar-refractivity contribution < 1.29 is 9.15 Å². The van der Waals surface area contributed by atoms with Gasteiger partial charge in [0.15, 0.2) is 0 Å². The first-order valence-corrected chi connectivity index (χ1v) is 5.43. The summed E-state index contributed by atoms with van der Waals surface area (Å²) < 4.78 is 11.3. The van der Waals surface area contributed by atoms with Gasteiger partial charge in [-0.25, -0.2) is 0 Å². The summed E-state index contributed by atoms with van der Waals surface area (Å²) in [5, 5.41) is 6.80. The zero-order chi connectivity index (χ0) is 10.3. The Morgan fingerprint density at radius 3 is 2.93 bits per heavy atom. The lowest BCUT2D eigenvalue weighted by Crippen LogP contribution is -2.69. The Morgan fingerprint density at radius 2 is 2.33 bits per heavy atom. The van der Waals surface area contributed by atoms with Gasteiger partial charge >= 0.3 is 0 Å². The molecular formula is C11H16N2O2. The van der Waals surface area contributed by atoms with E-state index in [0.29, 0.717) is 0 Å². The van der Waals surface area contributed by atoms with Crippen molar-refractivity contribution >= 4 is 0 Å². The van der Waals surface area contributed by atoms with Gasteiger partial charge in [-0.3, -0.25) is 0 Å². The van der Waals surface area contributed by atoms with E-state index < -0.39 is 0 Å². The van der Waals surface area contributed by atoms with Crippen LogP contribution in [0.2, 0.25) is 0 Å². The van der Waals surface area contributed by atoms with Gasteiger partial charge in [-0.1, -0.05) is 0 Å². The predicted molar refractivity (Wildman–Crippen MR) is 55.7 cm³/mol. The number of furan rings is 1. The van der Waals surface area contributed by atoms with Crippen LogP contribution in [0.15, 0.2) is 16.7 Å². The van der Waals surface area contributed by atoms with E-state index in [1.807, 2.05) is 13.2 Å². The molecule has 82 valence electrons. The average molecular weight is 208 g/mol. The number of nitrogens with one attached hydrogen (secondary N) is 2. The fourth-order valence-electron chi connectivity index (χ4n) is 2.44. The first-order chi connectivity index (χ1) is 7.30. The summed E-state index contributed by atoms with van der Waals surface area (Å²) in [6.07, 6.45) is 1.84. The van der Waals surface area contributed by atoms with Crippen LogP contribution >= 0.6 is 0 Å². The highest BCUT2D eigenvalue weighted by Gasteiger charge is 2.48. The van der Waals surface area contributed by atoms with E-state index in [1.54, 1.807) is 0 Å². The summed E-state index contributed by atoms with van der Waals surface area (Å²) in [6.45, 7) is 5.54. The normalized spacial score (nSPS) is 29.0. The summed E-state index contributed by atoms with van der Waals surface area (Å²) in [7, 11) is 0. The molecule has 0 aromatic carbocycles. The molecule has 3 rings (SSSR count). The van der Waals surface area contributed by atoms with Gasteiger partial charge in [0, 0.05) is 25.2 Å². The van der Waals surface area contributed by atoms with E-state index in [2.05, 4.69) is 16.7 Å². The van der Waals surface area contributed by atoms with Crippen LogP contribution in [0.4, 0.5) is 0 Å². The van der Waals surface area contributed by atoms with Crippen molar-refractivity contribution in [3.05, 3.63) is 23.7 Å². The highest BCUT2D eigenvalue weighted by molar-refractivity contribution is 5.24. The van der Waals surface area contributed by atoms with E-state index in [-0.39, 0.29) is 11.6 Å². The molecule has 4 nitrogen and oxygen atoms in total. The smallest absolute Gasteiger partial charge is 0.112 e. The Bertz CT molecular complexity index is 357. The molecule has 1 spiro atoms. The van der Waals surface area contributed by atoms with E-state index in [4.69, 9.17) is 9.15 Å². The third kappa shape index (κ3) is 1.40. The lowest BCUT2D eigenvalue weighted by molar-refractivity contribution is -0.128. The molecule has 3 heterocycles. The van der Waals surface area contributed by atoms with Crippen molar-refractivity contribution in [3.63, 3.8) is 0 Å². The minimum absolute atomic E-state index is 0.0471. The minimum Gasteiger partial charge on any atom is -0.469 e. The number of rotatable bonds is 1. The third-order valence-corrected chi connectivity index (χ3v) is 3.30. The molecule has 1 aromatic heterocycles. The molecule has 2 aliphatic heterocycles. The molecule has 1 unspecified atom stereocenters.